The van der Waals surface area contributed by atoms with E-state index < -0.39 is 39.0 Å². The number of nitrogens with two attached hydrogens (primary N) is 1. The average molecular weight is 697 g/mol. The van der Waals surface area contributed by atoms with Crippen molar-refractivity contribution in [1.29, 1.82) is 0 Å². The highest BCUT2D eigenvalue weighted by Gasteiger charge is 2.74. The van der Waals surface area contributed by atoms with Crippen LogP contribution in [0.1, 0.15) is 107 Å². The summed E-state index contributed by atoms with van der Waals surface area (Å²) in [5.74, 6) is -0.518. The van der Waals surface area contributed by atoms with E-state index in [9.17, 15) is 9.90 Å². The summed E-state index contributed by atoms with van der Waals surface area (Å²) >= 11 is 0. The van der Waals surface area contributed by atoms with Crippen LogP contribution in [0.15, 0.2) is 11.6 Å². The molecule has 0 radical (unpaired) electrons. The number of hydrogen-bond donors (Lipinski definition) is 2. The minimum absolute atomic E-state index is 0.0421. The predicted molar refractivity (Wildman–Crippen MR) is 192 cm³/mol. The largest absolute Gasteiger partial charge is 0.481 e. The fourth-order valence-corrected chi connectivity index (χ4v) is 12.3. The Morgan fingerprint density at radius 1 is 1.14 bits per heavy atom. The molecule has 0 unspecified atom stereocenters. The molecule has 1 aliphatic heterocycles. The maximum absolute atomic E-state index is 15.0. The number of hydrogen-bond acceptors (Lipinski definition) is 9. The molecule has 0 aromatic carbocycles. The van der Waals surface area contributed by atoms with Gasteiger partial charge < -0.3 is 25.2 Å². The van der Waals surface area contributed by atoms with Crippen molar-refractivity contribution >= 4 is 17.7 Å². The molecule has 0 spiro atoms. The van der Waals surface area contributed by atoms with E-state index in [-0.39, 0.29) is 47.2 Å². The van der Waals surface area contributed by atoms with E-state index in [1.54, 1.807) is 4.80 Å². The number of aromatic nitrogens is 4. The second-order valence-corrected chi connectivity index (χ2v) is 19.1. The van der Waals surface area contributed by atoms with Gasteiger partial charge in [-0.3, -0.25) is 9.59 Å². The number of rotatable bonds is 9. The van der Waals surface area contributed by atoms with Gasteiger partial charge in [-0.25, -0.2) is 0 Å². The topological polar surface area (TPSA) is 146 Å². The summed E-state index contributed by atoms with van der Waals surface area (Å²) in [7, 11) is 4.21. The van der Waals surface area contributed by atoms with E-state index in [1.807, 2.05) is 13.0 Å². The van der Waals surface area contributed by atoms with Crippen molar-refractivity contribution < 1.29 is 24.2 Å². The summed E-state index contributed by atoms with van der Waals surface area (Å²) in [6.45, 7) is 23.4. The molecule has 6 rings (SSSR count). The third-order valence-corrected chi connectivity index (χ3v) is 16.5. The summed E-state index contributed by atoms with van der Waals surface area (Å²) in [5, 5.41) is 24.1. The Morgan fingerprint density at radius 2 is 1.82 bits per heavy atom. The summed E-state index contributed by atoms with van der Waals surface area (Å²) in [6.07, 6.45) is 5.69. The lowest BCUT2D eigenvalue weighted by atomic mass is 9.34. The van der Waals surface area contributed by atoms with Crippen LogP contribution in [0.2, 0.25) is 0 Å². The lowest BCUT2D eigenvalue weighted by molar-refractivity contribution is -0.254. The molecule has 11 nitrogen and oxygen atoms in total. The number of carboxylic acids is 1. The molecule has 50 heavy (non-hydrogen) atoms. The number of likely N-dealkylation sites (N-methyl/N-ethyl adjacent to an activating group) is 1. The van der Waals surface area contributed by atoms with Gasteiger partial charge in [0.05, 0.1) is 31.8 Å². The number of tetrazole rings is 1. The molecule has 1 aromatic rings. The summed E-state index contributed by atoms with van der Waals surface area (Å²) in [6, 6.07) is -0.285. The van der Waals surface area contributed by atoms with Crippen molar-refractivity contribution in [3.63, 3.8) is 0 Å². The predicted octanol–water partition coefficient (Wildman–Crippen LogP) is 5.93. The van der Waals surface area contributed by atoms with Crippen LogP contribution in [0.25, 0.3) is 0 Å². The molecular formula is C39H64N6O5. The second-order valence-electron chi connectivity index (χ2n) is 19.1. The lowest BCUT2D eigenvalue weighted by Crippen LogP contribution is -2.70. The lowest BCUT2D eigenvalue weighted by Gasteiger charge is -2.70. The highest BCUT2D eigenvalue weighted by molar-refractivity contribution is 6.00. The molecule has 11 heteroatoms. The number of carbonyl (C=O) groups excluding carboxylic acids is 1. The van der Waals surface area contributed by atoms with Crippen molar-refractivity contribution in [1.82, 2.24) is 25.1 Å². The first kappa shape index (κ1) is 37.4. The van der Waals surface area contributed by atoms with Crippen LogP contribution in [0.3, 0.4) is 0 Å². The van der Waals surface area contributed by atoms with Crippen LogP contribution < -0.4 is 5.73 Å². The van der Waals surface area contributed by atoms with Gasteiger partial charge in [0.1, 0.15) is 6.04 Å². The molecule has 3 N–H and O–H groups in total. The zero-order valence-electron chi connectivity index (χ0n) is 32.7. The first-order chi connectivity index (χ1) is 23.1. The van der Waals surface area contributed by atoms with Crippen molar-refractivity contribution in [2.24, 2.45) is 62.6 Å². The van der Waals surface area contributed by atoms with Gasteiger partial charge in [0.25, 0.3) is 5.95 Å². The molecule has 2 bridgehead atoms. The molecule has 4 aliphatic carbocycles. The standard InChI is InChI=1S/C39H64N6O5/c1-22(2)24(5)34(6)15-16-36(8)25-13-14-28-35(7)19-49-21-39(28,26(25)17-29(46)38(36,10)30(34)32(47)48)18-27(45-42-33(40)41-43-45)31(35)50-20-37(9,23(3)4)44(11)12/h17,22-25,27-28,30-31H,13-16,18-21H2,1-12H3,(H2,40,42)(H,47,48)/t24-,25+,27-,28+,30-,31+,34-,35+,36-,37-,38+,39+/m1/s1. The number of nitrogen functional groups attached to an aromatic ring is 1. The number of ether oxygens (including phenoxy) is 2. The monoisotopic (exact) mass is 696 g/mol. The Balaban J connectivity index is 1.47. The molecule has 3 saturated carbocycles. The SMILES string of the molecule is CC(C)[C@@H](C)[C@@]1(C)CC[C@]2(C)[C@H]3CC[C@@H]4[C@@]5(COC[C@]4(C)[C@@H](OC[C@](C)(C(C)C)N(C)C)[C@H](n4nnc(N)n4)C5)C3=CC(=O)[C@@]2(C)[C@@H]1C(=O)O. The molecule has 1 aromatic heterocycles. The van der Waals surface area contributed by atoms with Crippen molar-refractivity contribution in [3.8, 4) is 0 Å². The smallest absolute Gasteiger partial charge is 0.308 e. The minimum atomic E-state index is -1.04. The van der Waals surface area contributed by atoms with E-state index in [0.717, 1.165) is 31.3 Å². The number of aliphatic carboxylic acids is 1. The first-order valence-corrected chi connectivity index (χ1v) is 19.1. The molecule has 280 valence electrons. The van der Waals surface area contributed by atoms with Crippen LogP contribution in [-0.4, -0.2) is 87.5 Å². The van der Waals surface area contributed by atoms with Gasteiger partial charge in [0, 0.05) is 21.8 Å². The molecule has 4 fully saturated rings. The van der Waals surface area contributed by atoms with Crippen LogP contribution >= 0.6 is 0 Å². The molecule has 2 heterocycles. The zero-order chi connectivity index (χ0) is 37.0. The number of nitrogens with zero attached hydrogens (tertiary/aromatic N) is 5. The van der Waals surface area contributed by atoms with Crippen molar-refractivity contribution in [3.05, 3.63) is 11.6 Å². The van der Waals surface area contributed by atoms with Gasteiger partial charge in [-0.05, 0) is 105 Å². The first-order valence-electron chi connectivity index (χ1n) is 19.1. The quantitative estimate of drug-likeness (QED) is 0.319. The van der Waals surface area contributed by atoms with E-state index in [2.05, 4.69) is 96.7 Å². The third kappa shape index (κ3) is 4.87. The Kier molecular flexibility index (Phi) is 9.04. The van der Waals surface area contributed by atoms with Gasteiger partial charge in [-0.2, -0.15) is 4.80 Å². The molecule has 5 aliphatic rings. The van der Waals surface area contributed by atoms with E-state index >= 15 is 4.79 Å². The van der Waals surface area contributed by atoms with Gasteiger partial charge in [-0.1, -0.05) is 73.0 Å². The Bertz CT molecular complexity index is 1530. The van der Waals surface area contributed by atoms with Crippen molar-refractivity contribution in [2.45, 2.75) is 119 Å². The number of ketones is 1. The minimum Gasteiger partial charge on any atom is -0.481 e. The van der Waals surface area contributed by atoms with Gasteiger partial charge in [0.15, 0.2) is 5.78 Å². The number of anilines is 1. The number of fused-ring (bicyclic) bond motifs is 3. The molecular weight excluding hydrogens is 632 g/mol. The van der Waals surface area contributed by atoms with Gasteiger partial charge >= 0.3 is 5.97 Å². The molecule has 12 atom stereocenters. The number of carbonyl (C=O) groups is 2. The van der Waals surface area contributed by atoms with Crippen LogP contribution in [-0.2, 0) is 19.1 Å². The van der Waals surface area contributed by atoms with E-state index in [1.165, 1.54) is 0 Å². The normalized spacial score (nSPS) is 43.1. The number of allylic oxidation sites excluding steroid dienone is 1. The Hall–Kier alpha value is -2.37. The number of carboxylic acid groups (broad SMARTS) is 1. The van der Waals surface area contributed by atoms with Gasteiger partial charge in [-0.15, -0.1) is 5.10 Å². The van der Waals surface area contributed by atoms with Crippen molar-refractivity contribution in [2.75, 3.05) is 39.6 Å². The average Bonchev–Trinajstić information content (AvgIpc) is 3.46. The van der Waals surface area contributed by atoms with E-state index in [0.29, 0.717) is 38.1 Å². The Labute approximate surface area is 299 Å². The van der Waals surface area contributed by atoms with E-state index in [4.69, 9.17) is 15.2 Å². The van der Waals surface area contributed by atoms with Crippen LogP contribution in [0.4, 0.5) is 5.95 Å². The molecule has 1 saturated heterocycles. The zero-order valence-corrected chi connectivity index (χ0v) is 32.7. The highest BCUT2D eigenvalue weighted by Crippen LogP contribution is 2.74. The maximum atomic E-state index is 15.0. The highest BCUT2D eigenvalue weighted by atomic mass is 16.5. The fraction of sp³-hybridized carbons (Fsp3) is 0.872. The van der Waals surface area contributed by atoms with Gasteiger partial charge in [0.2, 0.25) is 0 Å². The van der Waals surface area contributed by atoms with Crippen LogP contribution in [0, 0.1) is 62.6 Å². The summed E-state index contributed by atoms with van der Waals surface area (Å²) in [4.78, 5) is 32.4. The maximum Gasteiger partial charge on any atom is 0.308 e. The third-order valence-electron chi connectivity index (χ3n) is 16.5. The fourth-order valence-electron chi connectivity index (χ4n) is 12.3. The summed E-state index contributed by atoms with van der Waals surface area (Å²) in [5.41, 5.74) is 4.07. The second kappa shape index (κ2) is 12.1. The van der Waals surface area contributed by atoms with Crippen LogP contribution in [0.5, 0.6) is 0 Å². The molecule has 0 amide bonds. The summed E-state index contributed by atoms with van der Waals surface area (Å²) < 4.78 is 13.8. The Morgan fingerprint density at radius 3 is 2.38 bits per heavy atom.